The third-order valence-electron chi connectivity index (χ3n) is 0.572. The van der Waals surface area contributed by atoms with Crippen LogP contribution in [0.4, 0.5) is 0 Å². The van der Waals surface area contributed by atoms with E-state index in [-0.39, 0.29) is 0 Å². The molecule has 0 aliphatic heterocycles. The Kier molecular flexibility index (Phi) is 2.68. The molecule has 0 spiro atoms. The summed E-state index contributed by atoms with van der Waals surface area (Å²) in [6.07, 6.45) is 0. The van der Waals surface area contributed by atoms with Crippen molar-refractivity contribution >= 4 is 27.7 Å². The zero-order chi connectivity index (χ0) is 6.73. The number of halogens is 1. The van der Waals surface area contributed by atoms with Gasteiger partial charge in [0.2, 0.25) is 0 Å². The van der Waals surface area contributed by atoms with Crippen molar-refractivity contribution in [2.24, 2.45) is 0 Å². The second-order valence-electron chi connectivity index (χ2n) is 1.29. The number of carboxylic acid groups (broad SMARTS) is 1. The van der Waals surface area contributed by atoms with Gasteiger partial charge in [0.25, 0.3) is 5.78 Å². The zero-order valence-electron chi connectivity index (χ0n) is 4.22. The standard InChI is InChI=1S/C4H5BrO3/c1-2(5)3(6)4(7)8/h2H,1H3,(H,7,8)/t2-/m0/s1. The number of rotatable bonds is 2. The predicted molar refractivity (Wildman–Crippen MR) is 31.0 cm³/mol. The molecule has 0 rings (SSSR count). The summed E-state index contributed by atoms with van der Waals surface area (Å²) >= 11 is 2.81. The van der Waals surface area contributed by atoms with Crippen molar-refractivity contribution in [2.75, 3.05) is 0 Å². The Morgan fingerprint density at radius 3 is 2.00 bits per heavy atom. The van der Waals surface area contributed by atoms with Crippen LogP contribution in [0, 0.1) is 0 Å². The van der Waals surface area contributed by atoms with E-state index in [0.717, 1.165) is 0 Å². The summed E-state index contributed by atoms with van der Waals surface area (Å²) < 4.78 is 0. The minimum atomic E-state index is -1.39. The highest BCUT2D eigenvalue weighted by molar-refractivity contribution is 9.10. The summed E-state index contributed by atoms with van der Waals surface area (Å²) in [7, 11) is 0. The van der Waals surface area contributed by atoms with Crippen LogP contribution in [-0.2, 0) is 9.59 Å². The highest BCUT2D eigenvalue weighted by Crippen LogP contribution is 1.97. The Hall–Kier alpha value is -0.380. The fourth-order valence-corrected chi connectivity index (χ4v) is 0.366. The molecule has 0 aromatic rings. The van der Waals surface area contributed by atoms with E-state index in [9.17, 15) is 9.59 Å². The number of hydrogen-bond donors (Lipinski definition) is 1. The van der Waals surface area contributed by atoms with E-state index < -0.39 is 16.6 Å². The van der Waals surface area contributed by atoms with Crippen LogP contribution in [0.5, 0.6) is 0 Å². The van der Waals surface area contributed by atoms with Crippen molar-refractivity contribution in [2.45, 2.75) is 11.8 Å². The highest BCUT2D eigenvalue weighted by atomic mass is 79.9. The van der Waals surface area contributed by atoms with Gasteiger partial charge in [0.1, 0.15) is 0 Å². The third kappa shape index (κ3) is 2.07. The molecule has 0 saturated carbocycles. The van der Waals surface area contributed by atoms with Crippen LogP contribution < -0.4 is 0 Å². The molecule has 0 unspecified atom stereocenters. The summed E-state index contributed by atoms with van der Waals surface area (Å²) in [5.74, 6) is -2.21. The van der Waals surface area contributed by atoms with Gasteiger partial charge in [-0.2, -0.15) is 0 Å². The smallest absolute Gasteiger partial charge is 0.373 e. The van der Waals surface area contributed by atoms with Crippen LogP contribution in [0.1, 0.15) is 6.92 Å². The van der Waals surface area contributed by atoms with Crippen LogP contribution in [0.2, 0.25) is 0 Å². The quantitative estimate of drug-likeness (QED) is 0.496. The molecule has 8 heavy (non-hydrogen) atoms. The molecule has 1 N–H and O–H groups in total. The minimum Gasteiger partial charge on any atom is -0.475 e. The van der Waals surface area contributed by atoms with E-state index in [2.05, 4.69) is 15.9 Å². The van der Waals surface area contributed by atoms with Crippen molar-refractivity contribution in [1.82, 2.24) is 0 Å². The van der Waals surface area contributed by atoms with Gasteiger partial charge in [-0.3, -0.25) is 4.79 Å². The number of hydrogen-bond acceptors (Lipinski definition) is 2. The Balaban J connectivity index is 3.84. The van der Waals surface area contributed by atoms with Crippen molar-refractivity contribution in [3.63, 3.8) is 0 Å². The molecule has 0 radical (unpaired) electrons. The lowest BCUT2D eigenvalue weighted by Crippen LogP contribution is -2.20. The molecule has 0 aliphatic carbocycles. The molecule has 0 heterocycles. The molecular weight excluding hydrogens is 176 g/mol. The zero-order valence-corrected chi connectivity index (χ0v) is 5.81. The van der Waals surface area contributed by atoms with E-state index in [1.54, 1.807) is 0 Å². The molecule has 0 bridgehead atoms. The van der Waals surface area contributed by atoms with E-state index in [4.69, 9.17) is 5.11 Å². The topological polar surface area (TPSA) is 54.4 Å². The predicted octanol–water partition coefficient (Wildman–Crippen LogP) is 0.423. The van der Waals surface area contributed by atoms with Crippen LogP contribution in [0.15, 0.2) is 0 Å². The summed E-state index contributed by atoms with van der Waals surface area (Å²) in [6.45, 7) is 1.47. The molecule has 0 amide bonds. The lowest BCUT2D eigenvalue weighted by molar-refractivity contribution is -0.148. The van der Waals surface area contributed by atoms with Crippen molar-refractivity contribution < 1.29 is 14.7 Å². The number of ketones is 1. The lowest BCUT2D eigenvalue weighted by Gasteiger charge is -1.91. The first-order valence-electron chi connectivity index (χ1n) is 1.97. The van der Waals surface area contributed by atoms with Gasteiger partial charge in [-0.15, -0.1) is 0 Å². The molecule has 4 heteroatoms. The first kappa shape index (κ1) is 7.62. The normalized spacial score (nSPS) is 12.8. The van der Waals surface area contributed by atoms with E-state index >= 15 is 0 Å². The van der Waals surface area contributed by atoms with Gasteiger partial charge in [-0.25, -0.2) is 4.79 Å². The molecule has 0 aliphatic rings. The maximum atomic E-state index is 10.2. The second kappa shape index (κ2) is 2.81. The highest BCUT2D eigenvalue weighted by Gasteiger charge is 2.16. The molecule has 1 atom stereocenters. The van der Waals surface area contributed by atoms with E-state index in [1.807, 2.05) is 0 Å². The fraction of sp³-hybridized carbons (Fsp3) is 0.500. The van der Waals surface area contributed by atoms with E-state index in [0.29, 0.717) is 0 Å². The molecule has 0 aromatic carbocycles. The number of carbonyl (C=O) groups is 2. The molecule has 46 valence electrons. The lowest BCUT2D eigenvalue weighted by atomic mass is 10.3. The summed E-state index contributed by atoms with van der Waals surface area (Å²) in [5.41, 5.74) is 0. The van der Waals surface area contributed by atoms with Crippen LogP contribution >= 0.6 is 15.9 Å². The van der Waals surface area contributed by atoms with Gasteiger partial charge >= 0.3 is 5.97 Å². The largest absolute Gasteiger partial charge is 0.475 e. The summed E-state index contributed by atoms with van der Waals surface area (Å²) in [4.78, 5) is 19.4. The second-order valence-corrected chi connectivity index (χ2v) is 2.66. The van der Waals surface area contributed by atoms with Gasteiger partial charge in [0, 0.05) is 0 Å². The number of aliphatic carboxylic acids is 1. The summed E-state index contributed by atoms with van der Waals surface area (Å²) in [6, 6.07) is 0. The average molecular weight is 181 g/mol. The van der Waals surface area contributed by atoms with Crippen molar-refractivity contribution in [1.29, 1.82) is 0 Å². The molecule has 0 aromatic heterocycles. The Morgan fingerprint density at radius 2 is 2.00 bits per heavy atom. The van der Waals surface area contributed by atoms with Crippen LogP contribution in [0.3, 0.4) is 0 Å². The van der Waals surface area contributed by atoms with Gasteiger partial charge in [-0.1, -0.05) is 15.9 Å². The Labute approximate surface area is 54.8 Å². The Morgan fingerprint density at radius 1 is 1.62 bits per heavy atom. The van der Waals surface area contributed by atoms with Crippen molar-refractivity contribution in [3.8, 4) is 0 Å². The SMILES string of the molecule is C[C@H](Br)C(=O)C(=O)O. The maximum absolute atomic E-state index is 10.2. The maximum Gasteiger partial charge on any atom is 0.373 e. The number of alkyl halides is 1. The number of carbonyl (C=O) groups excluding carboxylic acids is 1. The Bertz CT molecular complexity index is 118. The molecular formula is C4H5BrO3. The number of Topliss-reactive ketones (excluding diaryl/α,β-unsaturated/α-hetero) is 1. The first-order valence-corrected chi connectivity index (χ1v) is 2.88. The molecule has 0 saturated heterocycles. The van der Waals surface area contributed by atoms with Crippen molar-refractivity contribution in [3.05, 3.63) is 0 Å². The minimum absolute atomic E-state index is 0.583. The number of carboxylic acids is 1. The monoisotopic (exact) mass is 180 g/mol. The van der Waals surface area contributed by atoms with Crippen LogP contribution in [0.25, 0.3) is 0 Å². The average Bonchev–Trinajstić information content (AvgIpc) is 1.64. The van der Waals surface area contributed by atoms with Crippen LogP contribution in [-0.4, -0.2) is 21.7 Å². The third-order valence-corrected chi connectivity index (χ3v) is 0.988. The molecule has 0 fully saturated rings. The fourth-order valence-electron chi connectivity index (χ4n) is 0.170. The molecule has 3 nitrogen and oxygen atoms in total. The summed E-state index contributed by atoms with van der Waals surface area (Å²) in [5, 5.41) is 7.97. The van der Waals surface area contributed by atoms with Gasteiger partial charge < -0.3 is 5.11 Å². The van der Waals surface area contributed by atoms with Gasteiger partial charge in [0.05, 0.1) is 4.83 Å². The van der Waals surface area contributed by atoms with Gasteiger partial charge in [0.15, 0.2) is 0 Å². The van der Waals surface area contributed by atoms with Gasteiger partial charge in [-0.05, 0) is 6.92 Å². The van der Waals surface area contributed by atoms with E-state index in [1.165, 1.54) is 6.92 Å². The first-order chi connectivity index (χ1) is 3.55.